The molecule has 0 aliphatic heterocycles. The molecule has 0 radical (unpaired) electrons. The topological polar surface area (TPSA) is 59.8 Å². The number of halogens is 2. The monoisotopic (exact) mass is 476 g/mol. The predicted molar refractivity (Wildman–Crippen MR) is 128 cm³/mol. The summed E-state index contributed by atoms with van der Waals surface area (Å²) < 4.78 is 1.88. The number of nitrogens with one attached hydrogen (secondary N) is 1. The molecule has 0 aliphatic rings. The van der Waals surface area contributed by atoms with Gasteiger partial charge in [-0.05, 0) is 42.7 Å². The number of hydrogen-bond acceptors (Lipinski definition) is 4. The van der Waals surface area contributed by atoms with Gasteiger partial charge in [0.2, 0.25) is 5.91 Å². The van der Waals surface area contributed by atoms with Gasteiger partial charge in [-0.2, -0.15) is 0 Å². The van der Waals surface area contributed by atoms with Crippen LogP contribution in [0.4, 0.5) is 0 Å². The van der Waals surface area contributed by atoms with Crippen LogP contribution in [0.1, 0.15) is 49.6 Å². The molecule has 0 fully saturated rings. The van der Waals surface area contributed by atoms with Gasteiger partial charge in [-0.15, -0.1) is 10.2 Å². The lowest BCUT2D eigenvalue weighted by Crippen LogP contribution is -2.24. The molecule has 164 valence electrons. The van der Waals surface area contributed by atoms with Crippen molar-refractivity contribution in [3.63, 3.8) is 0 Å². The molecule has 0 saturated heterocycles. The Morgan fingerprint density at radius 3 is 2.71 bits per heavy atom. The molecule has 1 heterocycles. The van der Waals surface area contributed by atoms with Crippen LogP contribution in [0.25, 0.3) is 5.69 Å². The molecule has 3 rings (SSSR count). The number of aryl methyl sites for hydroxylation is 1. The van der Waals surface area contributed by atoms with E-state index in [1.54, 1.807) is 30.0 Å². The Kier molecular flexibility index (Phi) is 8.81. The van der Waals surface area contributed by atoms with Gasteiger partial charge in [0.15, 0.2) is 11.0 Å². The molecule has 8 heteroatoms. The first-order valence-corrected chi connectivity index (χ1v) is 12.1. The van der Waals surface area contributed by atoms with Gasteiger partial charge < -0.3 is 5.32 Å². The zero-order valence-electron chi connectivity index (χ0n) is 17.7. The Morgan fingerprint density at radius 2 is 1.94 bits per heavy atom. The lowest BCUT2D eigenvalue weighted by Gasteiger charge is -2.13. The summed E-state index contributed by atoms with van der Waals surface area (Å²) in [5.41, 5.74) is 3.15. The minimum atomic E-state index is 0.00862. The number of unbranched alkanes of at least 4 members (excludes halogenated alkanes) is 2. The Bertz CT molecular complexity index is 1040. The second kappa shape index (κ2) is 11.6. The summed E-state index contributed by atoms with van der Waals surface area (Å²) in [5.74, 6) is 1.36. The van der Waals surface area contributed by atoms with Crippen molar-refractivity contribution in [1.29, 1.82) is 0 Å². The molecule has 1 N–H and O–H groups in total. The number of thioether (sulfide) groups is 1. The first-order valence-electron chi connectivity index (χ1n) is 10.3. The van der Waals surface area contributed by atoms with Crippen molar-refractivity contribution < 1.29 is 4.79 Å². The standard InChI is InChI=1S/C23H26Cl2N4OS/c1-3-4-5-10-22(30)26-14-21-27-28-23(31-15-17-9-7-6-8-16(17)2)29(21)20-13-18(24)11-12-19(20)25/h6-9,11-13H,3-5,10,14-15H2,1-2H3,(H,26,30). The van der Waals surface area contributed by atoms with Gasteiger partial charge in [-0.25, -0.2) is 0 Å². The highest BCUT2D eigenvalue weighted by molar-refractivity contribution is 7.98. The van der Waals surface area contributed by atoms with Crippen LogP contribution in [-0.2, 0) is 17.1 Å². The van der Waals surface area contributed by atoms with Gasteiger partial charge in [-0.3, -0.25) is 9.36 Å². The second-order valence-corrected chi connectivity index (χ2v) is 9.07. The highest BCUT2D eigenvalue weighted by Crippen LogP contribution is 2.31. The van der Waals surface area contributed by atoms with E-state index in [2.05, 4.69) is 41.5 Å². The third-order valence-corrected chi connectivity index (χ3v) is 6.45. The normalized spacial score (nSPS) is 11.0. The molecule has 1 aromatic heterocycles. The number of nitrogens with zero attached hydrogens (tertiary/aromatic N) is 3. The molecule has 31 heavy (non-hydrogen) atoms. The zero-order valence-corrected chi connectivity index (χ0v) is 20.0. The Morgan fingerprint density at radius 1 is 1.13 bits per heavy atom. The van der Waals surface area contributed by atoms with Crippen LogP contribution in [-0.4, -0.2) is 20.7 Å². The smallest absolute Gasteiger partial charge is 0.220 e. The molecule has 0 spiro atoms. The second-order valence-electron chi connectivity index (χ2n) is 7.28. The van der Waals surface area contributed by atoms with E-state index in [1.165, 1.54) is 11.1 Å². The van der Waals surface area contributed by atoms with Crippen LogP contribution in [0.3, 0.4) is 0 Å². The first kappa shape index (κ1) is 23.6. The summed E-state index contributed by atoms with van der Waals surface area (Å²) >= 11 is 14.3. The lowest BCUT2D eigenvalue weighted by molar-refractivity contribution is -0.121. The van der Waals surface area contributed by atoms with Gasteiger partial charge in [0, 0.05) is 17.2 Å². The van der Waals surface area contributed by atoms with Gasteiger partial charge in [-0.1, -0.05) is 79.0 Å². The molecule has 0 unspecified atom stereocenters. The number of hydrogen-bond donors (Lipinski definition) is 1. The molecular formula is C23H26Cl2N4OS. The quantitative estimate of drug-likeness (QED) is 0.272. The minimum absolute atomic E-state index is 0.00862. The summed E-state index contributed by atoms with van der Waals surface area (Å²) in [7, 11) is 0. The fourth-order valence-corrected chi connectivity index (χ4v) is 4.53. The van der Waals surface area contributed by atoms with Gasteiger partial charge in [0.25, 0.3) is 0 Å². The van der Waals surface area contributed by atoms with E-state index in [0.29, 0.717) is 33.1 Å². The molecule has 2 aromatic carbocycles. The number of aromatic nitrogens is 3. The van der Waals surface area contributed by atoms with E-state index in [-0.39, 0.29) is 12.5 Å². The number of carbonyl (C=O) groups excluding carboxylic acids is 1. The molecule has 0 bridgehead atoms. The molecule has 5 nitrogen and oxygen atoms in total. The number of carbonyl (C=O) groups is 1. The van der Waals surface area contributed by atoms with Crippen molar-refractivity contribution in [1.82, 2.24) is 20.1 Å². The van der Waals surface area contributed by atoms with E-state index >= 15 is 0 Å². The Balaban J connectivity index is 1.84. The van der Waals surface area contributed by atoms with Gasteiger partial charge in [0.05, 0.1) is 17.3 Å². The average Bonchev–Trinajstić information content (AvgIpc) is 3.16. The van der Waals surface area contributed by atoms with E-state index in [9.17, 15) is 4.79 Å². The van der Waals surface area contributed by atoms with E-state index in [1.807, 2.05) is 16.7 Å². The highest BCUT2D eigenvalue weighted by Gasteiger charge is 2.18. The van der Waals surface area contributed by atoms with Crippen molar-refractivity contribution in [2.24, 2.45) is 0 Å². The maximum atomic E-state index is 12.2. The van der Waals surface area contributed by atoms with Crippen LogP contribution in [0, 0.1) is 6.92 Å². The van der Waals surface area contributed by atoms with Crippen molar-refractivity contribution in [2.75, 3.05) is 0 Å². The van der Waals surface area contributed by atoms with E-state index < -0.39 is 0 Å². The van der Waals surface area contributed by atoms with Crippen molar-refractivity contribution >= 4 is 40.9 Å². The van der Waals surface area contributed by atoms with Crippen LogP contribution in [0.5, 0.6) is 0 Å². The summed E-state index contributed by atoms with van der Waals surface area (Å²) in [6.45, 7) is 4.48. The summed E-state index contributed by atoms with van der Waals surface area (Å²) in [5, 5.41) is 13.5. The number of benzene rings is 2. The molecule has 0 atom stereocenters. The van der Waals surface area contributed by atoms with Crippen LogP contribution >= 0.6 is 35.0 Å². The van der Waals surface area contributed by atoms with Crippen LogP contribution in [0.15, 0.2) is 47.6 Å². The molecule has 0 saturated carbocycles. The maximum absolute atomic E-state index is 12.2. The fraction of sp³-hybridized carbons (Fsp3) is 0.348. The van der Waals surface area contributed by atoms with Gasteiger partial charge in [0.1, 0.15) is 0 Å². The third-order valence-electron chi connectivity index (χ3n) is 4.92. The average molecular weight is 477 g/mol. The first-order chi connectivity index (χ1) is 15.0. The van der Waals surface area contributed by atoms with Gasteiger partial charge >= 0.3 is 0 Å². The summed E-state index contributed by atoms with van der Waals surface area (Å²) in [6, 6.07) is 13.5. The summed E-state index contributed by atoms with van der Waals surface area (Å²) in [4.78, 5) is 12.2. The minimum Gasteiger partial charge on any atom is -0.349 e. The van der Waals surface area contributed by atoms with E-state index in [4.69, 9.17) is 23.2 Å². The largest absolute Gasteiger partial charge is 0.349 e. The zero-order chi connectivity index (χ0) is 22.2. The van der Waals surface area contributed by atoms with Crippen LogP contribution in [0.2, 0.25) is 10.0 Å². The summed E-state index contributed by atoms with van der Waals surface area (Å²) in [6.07, 6.45) is 3.51. The number of amides is 1. The van der Waals surface area contributed by atoms with E-state index in [0.717, 1.165) is 25.0 Å². The van der Waals surface area contributed by atoms with Crippen molar-refractivity contribution in [2.45, 2.75) is 57.0 Å². The molecule has 3 aromatic rings. The lowest BCUT2D eigenvalue weighted by atomic mass is 10.1. The molecule has 0 aliphatic carbocycles. The predicted octanol–water partition coefficient (Wildman–Crippen LogP) is 6.37. The van der Waals surface area contributed by atoms with Crippen molar-refractivity contribution in [3.05, 3.63) is 69.5 Å². The third kappa shape index (κ3) is 6.48. The highest BCUT2D eigenvalue weighted by atomic mass is 35.5. The van der Waals surface area contributed by atoms with Crippen molar-refractivity contribution in [3.8, 4) is 5.69 Å². The molecular weight excluding hydrogens is 451 g/mol. The maximum Gasteiger partial charge on any atom is 0.220 e. The molecule has 1 amide bonds. The fourth-order valence-electron chi connectivity index (χ4n) is 3.12. The number of rotatable bonds is 10. The van der Waals surface area contributed by atoms with Crippen LogP contribution < -0.4 is 5.32 Å². The Hall–Kier alpha value is -2.02. The Labute approximate surface area is 197 Å². The SMILES string of the molecule is CCCCCC(=O)NCc1nnc(SCc2ccccc2C)n1-c1cc(Cl)ccc1Cl.